The van der Waals surface area contributed by atoms with Gasteiger partial charge in [-0.05, 0) is 37.5 Å². The molecule has 0 atom stereocenters. The van der Waals surface area contributed by atoms with Gasteiger partial charge in [0.1, 0.15) is 0 Å². The van der Waals surface area contributed by atoms with Crippen LogP contribution in [-0.2, 0) is 4.74 Å². The molecule has 0 unspecified atom stereocenters. The lowest BCUT2D eigenvalue weighted by atomic mass is 9.67. The van der Waals surface area contributed by atoms with Crippen LogP contribution in [0.1, 0.15) is 59.3 Å². The summed E-state index contributed by atoms with van der Waals surface area (Å²) in [7, 11) is 1.79. The molecule has 4 heteroatoms. The predicted octanol–water partition coefficient (Wildman–Crippen LogP) is 3.18. The summed E-state index contributed by atoms with van der Waals surface area (Å²) in [4.78, 5) is 4.84. The molecule has 0 saturated heterocycles. The highest BCUT2D eigenvalue weighted by Crippen LogP contribution is 2.44. The van der Waals surface area contributed by atoms with Crippen molar-refractivity contribution in [3.05, 3.63) is 0 Å². The number of nitrogens with zero attached hydrogens (tertiary/aromatic N) is 1. The molecular weight excluding hydrogens is 262 g/mol. The molecule has 1 fully saturated rings. The first-order valence-corrected chi connectivity index (χ1v) is 8.70. The zero-order chi connectivity index (χ0) is 15.6. The zero-order valence-corrected chi connectivity index (χ0v) is 14.5. The number of nitrogens with one attached hydrogen (secondary N) is 2. The number of methoxy groups -OCH3 is 1. The molecule has 0 aromatic rings. The van der Waals surface area contributed by atoms with Gasteiger partial charge >= 0.3 is 0 Å². The molecule has 0 radical (unpaired) electrons. The molecule has 0 spiro atoms. The first-order valence-electron chi connectivity index (χ1n) is 8.70. The normalized spacial score (nSPS) is 17.7. The van der Waals surface area contributed by atoms with Gasteiger partial charge in [0.15, 0.2) is 5.96 Å². The third-order valence-corrected chi connectivity index (χ3v) is 4.88. The summed E-state index contributed by atoms with van der Waals surface area (Å²) >= 11 is 0. The molecule has 0 aromatic heterocycles. The molecule has 0 aliphatic heterocycles. The number of aliphatic imine (C=N–C) groups is 1. The lowest BCUT2D eigenvalue weighted by Crippen LogP contribution is -2.41. The highest BCUT2D eigenvalue weighted by molar-refractivity contribution is 5.79. The number of guanidine groups is 1. The summed E-state index contributed by atoms with van der Waals surface area (Å²) in [5.74, 6) is 1.72. The van der Waals surface area contributed by atoms with Gasteiger partial charge in [-0.2, -0.15) is 0 Å². The fourth-order valence-corrected chi connectivity index (χ4v) is 2.89. The molecule has 0 aromatic carbocycles. The number of hydrogen-bond donors (Lipinski definition) is 2. The summed E-state index contributed by atoms with van der Waals surface area (Å²) in [5, 5.41) is 6.88. The topological polar surface area (TPSA) is 45.7 Å². The smallest absolute Gasteiger partial charge is 0.191 e. The summed E-state index contributed by atoms with van der Waals surface area (Å²) in [5.41, 5.74) is 0.396. The molecule has 1 aliphatic rings. The van der Waals surface area contributed by atoms with E-state index in [9.17, 15) is 0 Å². The molecule has 1 rings (SSSR count). The minimum atomic E-state index is 0.396. The SMILES string of the molecule is CCNC(=NCC1(CCOC)CCC1)NCC(CC)CC. The Morgan fingerprint density at radius 3 is 2.38 bits per heavy atom. The van der Waals surface area contributed by atoms with Crippen molar-refractivity contribution in [1.29, 1.82) is 0 Å². The van der Waals surface area contributed by atoms with Crippen LogP contribution in [0.5, 0.6) is 0 Å². The maximum absolute atomic E-state index is 5.26. The van der Waals surface area contributed by atoms with E-state index in [1.54, 1.807) is 7.11 Å². The van der Waals surface area contributed by atoms with E-state index in [4.69, 9.17) is 9.73 Å². The van der Waals surface area contributed by atoms with Gasteiger partial charge < -0.3 is 15.4 Å². The van der Waals surface area contributed by atoms with Crippen LogP contribution in [0.15, 0.2) is 4.99 Å². The third-order valence-electron chi connectivity index (χ3n) is 4.88. The van der Waals surface area contributed by atoms with Gasteiger partial charge in [0.05, 0.1) is 0 Å². The highest BCUT2D eigenvalue weighted by Gasteiger charge is 2.36. The Hall–Kier alpha value is -0.770. The number of rotatable bonds is 10. The Kier molecular flexibility index (Phi) is 8.74. The van der Waals surface area contributed by atoms with Crippen LogP contribution in [0.25, 0.3) is 0 Å². The summed E-state index contributed by atoms with van der Waals surface area (Å²) in [6, 6.07) is 0. The van der Waals surface area contributed by atoms with Crippen molar-refractivity contribution >= 4 is 5.96 Å². The molecular formula is C17H35N3O. The van der Waals surface area contributed by atoms with Gasteiger partial charge in [-0.3, -0.25) is 4.99 Å². The molecule has 1 aliphatic carbocycles. The third kappa shape index (κ3) is 6.25. The van der Waals surface area contributed by atoms with Crippen molar-refractivity contribution in [3.8, 4) is 0 Å². The fourth-order valence-electron chi connectivity index (χ4n) is 2.89. The average molecular weight is 297 g/mol. The highest BCUT2D eigenvalue weighted by atomic mass is 16.5. The van der Waals surface area contributed by atoms with Gasteiger partial charge in [-0.25, -0.2) is 0 Å². The van der Waals surface area contributed by atoms with Crippen LogP contribution in [0.3, 0.4) is 0 Å². The predicted molar refractivity (Wildman–Crippen MR) is 90.8 cm³/mol. The van der Waals surface area contributed by atoms with Gasteiger partial charge in [-0.1, -0.05) is 33.1 Å². The Bertz CT molecular complexity index is 296. The largest absolute Gasteiger partial charge is 0.385 e. The van der Waals surface area contributed by atoms with Crippen molar-refractivity contribution in [2.75, 3.05) is 33.4 Å². The van der Waals surface area contributed by atoms with Gasteiger partial charge in [0, 0.05) is 33.4 Å². The van der Waals surface area contributed by atoms with E-state index in [0.29, 0.717) is 5.41 Å². The Morgan fingerprint density at radius 2 is 1.90 bits per heavy atom. The number of ether oxygens (including phenoxy) is 1. The van der Waals surface area contributed by atoms with Crippen molar-refractivity contribution in [2.45, 2.75) is 59.3 Å². The van der Waals surface area contributed by atoms with Crippen LogP contribution in [-0.4, -0.2) is 39.3 Å². The van der Waals surface area contributed by atoms with Crippen LogP contribution in [0.4, 0.5) is 0 Å². The summed E-state index contributed by atoms with van der Waals surface area (Å²) < 4.78 is 5.26. The molecule has 4 nitrogen and oxygen atoms in total. The van der Waals surface area contributed by atoms with E-state index >= 15 is 0 Å². The second kappa shape index (κ2) is 10.0. The lowest BCUT2D eigenvalue weighted by Gasteiger charge is -2.40. The van der Waals surface area contributed by atoms with Crippen LogP contribution in [0, 0.1) is 11.3 Å². The standard InChI is InChI=1S/C17H35N3O/c1-5-15(6-2)13-19-16(18-7-3)20-14-17(9-8-10-17)11-12-21-4/h15H,5-14H2,1-4H3,(H2,18,19,20). The molecule has 0 bridgehead atoms. The Morgan fingerprint density at radius 1 is 1.19 bits per heavy atom. The van der Waals surface area contributed by atoms with Gasteiger partial charge in [0.2, 0.25) is 0 Å². The quantitative estimate of drug-likeness (QED) is 0.481. The second-order valence-corrected chi connectivity index (χ2v) is 6.35. The monoisotopic (exact) mass is 297 g/mol. The van der Waals surface area contributed by atoms with Crippen molar-refractivity contribution in [3.63, 3.8) is 0 Å². The molecule has 0 amide bonds. The average Bonchev–Trinajstić information content (AvgIpc) is 2.46. The van der Waals surface area contributed by atoms with E-state index in [2.05, 4.69) is 31.4 Å². The van der Waals surface area contributed by atoms with E-state index in [0.717, 1.165) is 44.5 Å². The minimum absolute atomic E-state index is 0.396. The molecule has 0 heterocycles. The summed E-state index contributed by atoms with van der Waals surface area (Å²) in [6.07, 6.45) is 7.52. The lowest BCUT2D eigenvalue weighted by molar-refractivity contribution is 0.0778. The first-order chi connectivity index (χ1) is 10.2. The van der Waals surface area contributed by atoms with Gasteiger partial charge in [0.25, 0.3) is 0 Å². The Labute approximate surface area is 131 Å². The van der Waals surface area contributed by atoms with Crippen molar-refractivity contribution in [2.24, 2.45) is 16.3 Å². The number of hydrogen-bond acceptors (Lipinski definition) is 2. The molecule has 1 saturated carbocycles. The van der Waals surface area contributed by atoms with Crippen LogP contribution >= 0.6 is 0 Å². The molecule has 2 N–H and O–H groups in total. The van der Waals surface area contributed by atoms with E-state index in [-0.39, 0.29) is 0 Å². The van der Waals surface area contributed by atoms with Gasteiger partial charge in [-0.15, -0.1) is 0 Å². The van der Waals surface area contributed by atoms with E-state index in [1.165, 1.54) is 32.1 Å². The zero-order valence-electron chi connectivity index (χ0n) is 14.5. The van der Waals surface area contributed by atoms with E-state index < -0.39 is 0 Å². The molecule has 124 valence electrons. The first kappa shape index (κ1) is 18.3. The second-order valence-electron chi connectivity index (χ2n) is 6.35. The van der Waals surface area contributed by atoms with Crippen LogP contribution < -0.4 is 10.6 Å². The van der Waals surface area contributed by atoms with E-state index in [1.807, 2.05) is 0 Å². The Balaban J connectivity index is 2.49. The fraction of sp³-hybridized carbons (Fsp3) is 0.941. The van der Waals surface area contributed by atoms with Crippen LogP contribution in [0.2, 0.25) is 0 Å². The maximum Gasteiger partial charge on any atom is 0.191 e. The van der Waals surface area contributed by atoms with Crippen molar-refractivity contribution in [1.82, 2.24) is 10.6 Å². The summed E-state index contributed by atoms with van der Waals surface area (Å²) in [6.45, 7) is 10.4. The minimum Gasteiger partial charge on any atom is -0.385 e. The van der Waals surface area contributed by atoms with Crippen molar-refractivity contribution < 1.29 is 4.74 Å². The maximum atomic E-state index is 5.26. The molecule has 21 heavy (non-hydrogen) atoms.